The Hall–Kier alpha value is -1.24. The zero-order chi connectivity index (χ0) is 23.0. The Bertz CT molecular complexity index is 1170. The first-order valence-electron chi connectivity index (χ1n) is 12.3. The second kappa shape index (κ2) is 9.94. The van der Waals surface area contributed by atoms with Gasteiger partial charge in [0.15, 0.2) is 0 Å². The van der Waals surface area contributed by atoms with E-state index in [9.17, 15) is 0 Å². The molecule has 0 nitrogen and oxygen atoms in total. The molecule has 2 unspecified atom stereocenters. The number of aryl methyl sites for hydroxylation is 1. The molecule has 2 aromatic carbocycles. The van der Waals surface area contributed by atoms with E-state index < -0.39 is 20.4 Å². The fourth-order valence-corrected chi connectivity index (χ4v) is 25.4. The predicted octanol–water partition coefficient (Wildman–Crippen LogP) is 8.65. The van der Waals surface area contributed by atoms with E-state index in [-0.39, 0.29) is 5.43 Å². The molecule has 166 valence electrons. The molecule has 2 aliphatic carbocycles. The molecule has 2 aromatic rings. The van der Waals surface area contributed by atoms with Crippen LogP contribution in [0, 0.1) is 5.92 Å². The van der Waals surface area contributed by atoms with Crippen molar-refractivity contribution >= 4 is 11.0 Å². The summed E-state index contributed by atoms with van der Waals surface area (Å²) in [6.07, 6.45) is 6.43. The summed E-state index contributed by atoms with van der Waals surface area (Å²) in [5, 5.41) is 0. The van der Waals surface area contributed by atoms with Crippen molar-refractivity contribution in [2.75, 3.05) is 0 Å². The van der Waals surface area contributed by atoms with E-state index in [0.29, 0.717) is 9.54 Å². The molecule has 0 radical (unpaired) electrons. The number of fused-ring (bicyclic) bond motifs is 1. The molecule has 0 saturated heterocycles. The van der Waals surface area contributed by atoms with Gasteiger partial charge in [-0.15, -0.1) is 0 Å². The first-order chi connectivity index (χ1) is 15.3. The summed E-state index contributed by atoms with van der Waals surface area (Å²) in [5.41, 5.74) is 12.0. The van der Waals surface area contributed by atoms with Crippen molar-refractivity contribution in [3.8, 4) is 0 Å². The molecule has 0 amide bonds. The molecule has 0 heterocycles. The Kier molecular flexibility index (Phi) is 7.43. The van der Waals surface area contributed by atoms with Gasteiger partial charge >= 0.3 is 205 Å². The van der Waals surface area contributed by atoms with Crippen LogP contribution in [0.1, 0.15) is 73.3 Å². The molecule has 2 atom stereocenters. The van der Waals surface area contributed by atoms with Crippen LogP contribution in [0.4, 0.5) is 0 Å². The van der Waals surface area contributed by atoms with Gasteiger partial charge in [0.2, 0.25) is 0 Å². The van der Waals surface area contributed by atoms with Gasteiger partial charge in [-0.05, 0) is 0 Å². The standard InChI is InChI=1S/C19H19.C9H13.C2H6Si.Zr/c1-2-3-7-15-8-6-10-17(14-15)19-13-12-16-9-4-5-11-18(16)19;1-6-5-7(2)9(4)8(6)3;1-3-2;/h4-6,8-14H,2-3,7H2,1H3;6H,1-4H3;1-2H3;. The average molecular weight is 518 g/mol. The van der Waals surface area contributed by atoms with Crippen molar-refractivity contribution in [2.45, 2.75) is 70.6 Å². The zero-order valence-electron chi connectivity index (χ0n) is 21.0. The van der Waals surface area contributed by atoms with Gasteiger partial charge in [-0.2, -0.15) is 0 Å². The van der Waals surface area contributed by atoms with Crippen molar-refractivity contribution in [3.63, 3.8) is 0 Å². The summed E-state index contributed by atoms with van der Waals surface area (Å²) in [6, 6.07) is 18.7. The van der Waals surface area contributed by atoms with Gasteiger partial charge < -0.3 is 0 Å². The molecule has 2 aliphatic rings. The normalized spacial score (nSPS) is 20.0. The van der Waals surface area contributed by atoms with Crippen LogP contribution in [0.5, 0.6) is 0 Å². The summed E-state index contributed by atoms with van der Waals surface area (Å²) in [5.74, 6) is 0.659. The van der Waals surface area contributed by atoms with Gasteiger partial charge in [-0.3, -0.25) is 0 Å². The fraction of sp³-hybridized carbons (Fsp3) is 0.400. The van der Waals surface area contributed by atoms with Crippen molar-refractivity contribution in [2.24, 2.45) is 5.92 Å². The second-order valence-corrected chi connectivity index (χ2v) is 27.4. The third kappa shape index (κ3) is 4.30. The number of unbranched alkanes of at least 4 members (excludes halogenated alkanes) is 1. The number of hydrogen-bond acceptors (Lipinski definition) is 0. The molecule has 0 spiro atoms. The number of allylic oxidation sites excluding steroid dienone is 5. The van der Waals surface area contributed by atoms with Crippen molar-refractivity contribution < 1.29 is 20.4 Å². The van der Waals surface area contributed by atoms with Crippen LogP contribution in [-0.4, -0.2) is 5.43 Å². The summed E-state index contributed by atoms with van der Waals surface area (Å²) < 4.78 is 2.59. The minimum atomic E-state index is -1.92. The molecule has 0 fully saturated rings. The molecular weight excluding hydrogens is 480 g/mol. The average Bonchev–Trinajstić information content (AvgIpc) is 3.26. The maximum atomic E-state index is 2.71. The molecule has 32 heavy (non-hydrogen) atoms. The number of hydrogen-bond donors (Lipinski definition) is 0. The fourth-order valence-electron chi connectivity index (χ4n) is 5.67. The van der Waals surface area contributed by atoms with Gasteiger partial charge in [0.1, 0.15) is 0 Å². The van der Waals surface area contributed by atoms with E-state index in [1.807, 2.05) is 3.28 Å². The van der Waals surface area contributed by atoms with Crippen LogP contribution in [0.25, 0.3) is 5.57 Å². The topological polar surface area (TPSA) is 0 Å². The Labute approximate surface area is 203 Å². The Morgan fingerprint density at radius 2 is 1.69 bits per heavy atom. The first-order valence-corrected chi connectivity index (χ1v) is 21.1. The quantitative estimate of drug-likeness (QED) is 0.336. The second-order valence-electron chi connectivity index (χ2n) is 9.93. The van der Waals surface area contributed by atoms with Crippen LogP contribution >= 0.6 is 0 Å². The summed E-state index contributed by atoms with van der Waals surface area (Å²) in [4.78, 5) is 0. The van der Waals surface area contributed by atoms with Crippen LogP contribution in [-0.2, 0) is 26.8 Å². The van der Waals surface area contributed by atoms with Crippen molar-refractivity contribution in [1.82, 2.24) is 0 Å². The van der Waals surface area contributed by atoms with Gasteiger partial charge in [0.25, 0.3) is 0 Å². The van der Waals surface area contributed by atoms with Gasteiger partial charge in [0, 0.05) is 0 Å². The summed E-state index contributed by atoms with van der Waals surface area (Å²) >= 11 is -1.92. The third-order valence-corrected chi connectivity index (χ3v) is 26.3. The molecule has 0 N–H and O–H groups in total. The molecule has 0 bridgehead atoms. The molecule has 0 saturated carbocycles. The molecular formula is C30H38SiZr. The van der Waals surface area contributed by atoms with Crippen LogP contribution < -0.4 is 0 Å². The van der Waals surface area contributed by atoms with E-state index in [0.717, 1.165) is 0 Å². The Balaban J connectivity index is 1.84. The molecule has 0 aromatic heterocycles. The van der Waals surface area contributed by atoms with E-state index in [1.54, 1.807) is 22.3 Å². The minimum absolute atomic E-state index is 0.349. The van der Waals surface area contributed by atoms with Gasteiger partial charge in [0.05, 0.1) is 0 Å². The molecule has 4 rings (SSSR count). The Morgan fingerprint density at radius 3 is 2.34 bits per heavy atom. The van der Waals surface area contributed by atoms with E-state index in [2.05, 4.69) is 102 Å². The Morgan fingerprint density at radius 1 is 0.938 bits per heavy atom. The number of rotatable bonds is 6. The van der Waals surface area contributed by atoms with Crippen molar-refractivity contribution in [1.29, 1.82) is 0 Å². The van der Waals surface area contributed by atoms with Crippen LogP contribution in [0.3, 0.4) is 0 Å². The van der Waals surface area contributed by atoms with E-state index >= 15 is 0 Å². The van der Waals surface area contributed by atoms with Gasteiger partial charge in [-0.1, -0.05) is 0 Å². The maximum absolute atomic E-state index is 2.71. The molecule has 2 heteroatoms. The number of benzene rings is 2. The van der Waals surface area contributed by atoms with E-state index in [4.69, 9.17) is 0 Å². The summed E-state index contributed by atoms with van der Waals surface area (Å²) in [6.45, 7) is 17.1. The van der Waals surface area contributed by atoms with Crippen LogP contribution in [0.15, 0.2) is 74.6 Å². The SMILES string of the molecule is CCCCc1cccc(C2=C[CH]([Zr]([C]3=C(C)C(C)=C(C)C3C)=[Si](C)C)c3ccccc32)c1. The van der Waals surface area contributed by atoms with Crippen molar-refractivity contribution in [3.05, 3.63) is 96.9 Å². The first kappa shape index (κ1) is 23.9. The van der Waals surface area contributed by atoms with Crippen LogP contribution in [0.2, 0.25) is 13.1 Å². The third-order valence-electron chi connectivity index (χ3n) is 7.76. The molecule has 0 aliphatic heterocycles. The zero-order valence-corrected chi connectivity index (χ0v) is 24.4. The summed E-state index contributed by atoms with van der Waals surface area (Å²) in [7, 11) is 0. The van der Waals surface area contributed by atoms with Gasteiger partial charge in [-0.25, -0.2) is 0 Å². The predicted molar refractivity (Wildman–Crippen MR) is 139 cm³/mol. The van der Waals surface area contributed by atoms with E-state index in [1.165, 1.54) is 41.5 Å². The monoisotopic (exact) mass is 516 g/mol.